The normalized spacial score (nSPS) is 21.4. The molecule has 0 aliphatic carbocycles. The molecule has 3 N–H and O–H groups in total. The average molecular weight is 274 g/mol. The number of aryl methyl sites for hydroxylation is 1. The molecule has 0 unspecified atom stereocenters. The van der Waals surface area contributed by atoms with Gasteiger partial charge >= 0.3 is 0 Å². The third kappa shape index (κ3) is 2.21. The number of β-amino-alcohol motifs (C(OH)–C–C–N with tert-alkyl or cyclic N) is 1. The summed E-state index contributed by atoms with van der Waals surface area (Å²) in [6, 6.07) is 2.24. The van der Waals surface area contributed by atoms with Crippen molar-refractivity contribution in [3.05, 3.63) is 23.5 Å². The number of anilines is 1. The lowest BCUT2D eigenvalue weighted by Gasteiger charge is -2.17. The Morgan fingerprint density at radius 2 is 2.17 bits per heavy atom. The van der Waals surface area contributed by atoms with Crippen LogP contribution in [0.15, 0.2) is 17.0 Å². The van der Waals surface area contributed by atoms with Crippen molar-refractivity contribution in [2.45, 2.75) is 24.3 Å². The van der Waals surface area contributed by atoms with E-state index in [1.54, 1.807) is 6.92 Å². The molecule has 1 aromatic rings. The van der Waals surface area contributed by atoms with Gasteiger partial charge in [-0.2, -0.15) is 4.31 Å². The minimum atomic E-state index is -3.92. The van der Waals surface area contributed by atoms with Crippen LogP contribution in [-0.4, -0.2) is 37.0 Å². The Bertz CT molecular complexity index is 574. The number of benzene rings is 1. The van der Waals surface area contributed by atoms with Crippen molar-refractivity contribution >= 4 is 15.7 Å². The summed E-state index contributed by atoms with van der Waals surface area (Å²) in [5.74, 6) is -0.817. The standard InChI is InChI=1S/C11H15FN2O3S/c1-7-4-9(12)11(5-10(7)13)18(16,17)14-3-2-8(15)6-14/h4-5,8,15H,2-3,6,13H2,1H3/t8-/m0/s1. The fourth-order valence-electron chi connectivity index (χ4n) is 1.93. The molecule has 7 heteroatoms. The fraction of sp³-hybridized carbons (Fsp3) is 0.455. The molecular formula is C11H15FN2O3S. The second-order valence-electron chi connectivity index (χ2n) is 4.44. The summed E-state index contributed by atoms with van der Waals surface area (Å²) in [6.45, 7) is 1.79. The molecule has 0 spiro atoms. The van der Waals surface area contributed by atoms with E-state index < -0.39 is 26.8 Å². The number of nitrogens with zero attached hydrogens (tertiary/aromatic N) is 1. The Morgan fingerprint density at radius 3 is 2.72 bits per heavy atom. The topological polar surface area (TPSA) is 83.6 Å². The number of sulfonamides is 1. The fourth-order valence-corrected chi connectivity index (χ4v) is 3.51. The number of hydrogen-bond donors (Lipinski definition) is 2. The largest absolute Gasteiger partial charge is 0.398 e. The zero-order valence-corrected chi connectivity index (χ0v) is 10.7. The van der Waals surface area contributed by atoms with Gasteiger partial charge in [0.1, 0.15) is 10.7 Å². The Hall–Kier alpha value is -1.18. The van der Waals surface area contributed by atoms with Crippen LogP contribution in [0.25, 0.3) is 0 Å². The Balaban J connectivity index is 2.45. The summed E-state index contributed by atoms with van der Waals surface area (Å²) in [6.07, 6.45) is -0.326. The van der Waals surface area contributed by atoms with Crippen molar-refractivity contribution in [1.29, 1.82) is 0 Å². The third-order valence-corrected chi connectivity index (χ3v) is 4.94. The highest BCUT2D eigenvalue weighted by Crippen LogP contribution is 2.26. The summed E-state index contributed by atoms with van der Waals surface area (Å²) < 4.78 is 39.2. The molecule has 100 valence electrons. The second-order valence-corrected chi connectivity index (χ2v) is 6.35. The molecule has 5 nitrogen and oxygen atoms in total. The lowest BCUT2D eigenvalue weighted by atomic mass is 10.2. The first-order valence-corrected chi connectivity index (χ1v) is 7.00. The van der Waals surface area contributed by atoms with E-state index in [0.29, 0.717) is 12.0 Å². The van der Waals surface area contributed by atoms with Gasteiger partial charge in [-0.25, -0.2) is 12.8 Å². The number of aliphatic hydroxyl groups is 1. The molecule has 0 radical (unpaired) electrons. The summed E-state index contributed by atoms with van der Waals surface area (Å²) in [5.41, 5.74) is 6.34. The molecule has 1 saturated heterocycles. The van der Waals surface area contributed by atoms with Gasteiger partial charge in [0, 0.05) is 18.8 Å². The molecule has 0 amide bonds. The van der Waals surface area contributed by atoms with E-state index in [-0.39, 0.29) is 18.8 Å². The van der Waals surface area contributed by atoms with Crippen LogP contribution in [0.5, 0.6) is 0 Å². The molecule has 1 aliphatic rings. The Labute approximate surface area is 105 Å². The van der Waals surface area contributed by atoms with E-state index in [1.807, 2.05) is 0 Å². The minimum Gasteiger partial charge on any atom is -0.398 e. The zero-order chi connectivity index (χ0) is 13.5. The highest BCUT2D eigenvalue weighted by atomic mass is 32.2. The van der Waals surface area contributed by atoms with Crippen LogP contribution in [0, 0.1) is 12.7 Å². The van der Waals surface area contributed by atoms with Crippen molar-refractivity contribution in [2.75, 3.05) is 18.8 Å². The van der Waals surface area contributed by atoms with Crippen molar-refractivity contribution in [3.63, 3.8) is 0 Å². The molecule has 1 fully saturated rings. The summed E-state index contributed by atoms with van der Waals surface area (Å²) in [5, 5.41) is 9.35. The maximum Gasteiger partial charge on any atom is 0.246 e. The number of halogens is 1. The summed E-state index contributed by atoms with van der Waals surface area (Å²) in [4.78, 5) is -0.431. The van der Waals surface area contributed by atoms with Crippen LogP contribution in [0.2, 0.25) is 0 Å². The van der Waals surface area contributed by atoms with Crippen molar-refractivity contribution < 1.29 is 17.9 Å². The van der Waals surface area contributed by atoms with E-state index >= 15 is 0 Å². The van der Waals surface area contributed by atoms with E-state index in [4.69, 9.17) is 5.73 Å². The number of nitrogen functional groups attached to an aromatic ring is 1. The predicted octanol–water partition coefficient (Wildman–Crippen LogP) is 0.472. The minimum absolute atomic E-state index is 0.00441. The van der Waals surface area contributed by atoms with Crippen LogP contribution in [0.1, 0.15) is 12.0 Å². The smallest absolute Gasteiger partial charge is 0.246 e. The maximum absolute atomic E-state index is 13.8. The van der Waals surface area contributed by atoms with Crippen LogP contribution in [-0.2, 0) is 10.0 Å². The summed E-state index contributed by atoms with van der Waals surface area (Å²) in [7, 11) is -3.92. The highest BCUT2D eigenvalue weighted by Gasteiger charge is 2.33. The molecular weight excluding hydrogens is 259 g/mol. The molecule has 1 atom stereocenters. The average Bonchev–Trinajstić information content (AvgIpc) is 2.70. The Kier molecular flexibility index (Phi) is 3.31. The van der Waals surface area contributed by atoms with Crippen LogP contribution in [0.3, 0.4) is 0 Å². The van der Waals surface area contributed by atoms with E-state index in [1.165, 1.54) is 0 Å². The lowest BCUT2D eigenvalue weighted by Crippen LogP contribution is -2.30. The molecule has 1 heterocycles. The third-order valence-electron chi connectivity index (χ3n) is 3.06. The first-order valence-electron chi connectivity index (χ1n) is 5.56. The van der Waals surface area contributed by atoms with Gasteiger partial charge < -0.3 is 10.8 Å². The van der Waals surface area contributed by atoms with Gasteiger partial charge in [-0.1, -0.05) is 0 Å². The highest BCUT2D eigenvalue weighted by molar-refractivity contribution is 7.89. The first kappa shape index (κ1) is 13.3. The van der Waals surface area contributed by atoms with Gasteiger partial charge in [0.15, 0.2) is 0 Å². The van der Waals surface area contributed by atoms with Gasteiger partial charge in [0.05, 0.1) is 6.10 Å². The monoisotopic (exact) mass is 274 g/mol. The number of nitrogens with two attached hydrogens (primary N) is 1. The molecule has 0 aromatic heterocycles. The first-order chi connectivity index (χ1) is 8.32. The zero-order valence-electron chi connectivity index (χ0n) is 9.93. The Morgan fingerprint density at radius 1 is 1.50 bits per heavy atom. The summed E-state index contributed by atoms with van der Waals surface area (Å²) >= 11 is 0. The lowest BCUT2D eigenvalue weighted by molar-refractivity contribution is 0.189. The van der Waals surface area contributed by atoms with E-state index in [9.17, 15) is 17.9 Å². The van der Waals surface area contributed by atoms with Gasteiger partial charge in [-0.05, 0) is 31.0 Å². The number of rotatable bonds is 2. The predicted molar refractivity (Wildman–Crippen MR) is 64.9 cm³/mol. The maximum atomic E-state index is 13.8. The van der Waals surface area contributed by atoms with Crippen LogP contribution >= 0.6 is 0 Å². The molecule has 1 aliphatic heterocycles. The molecule has 0 bridgehead atoms. The molecule has 0 saturated carbocycles. The van der Waals surface area contributed by atoms with Gasteiger partial charge in [0.2, 0.25) is 10.0 Å². The van der Waals surface area contributed by atoms with Gasteiger partial charge in [-0.3, -0.25) is 0 Å². The number of aliphatic hydroxyl groups excluding tert-OH is 1. The SMILES string of the molecule is Cc1cc(F)c(S(=O)(=O)N2CC[C@H](O)C2)cc1N. The molecule has 1 aromatic carbocycles. The van der Waals surface area contributed by atoms with Crippen molar-refractivity contribution in [3.8, 4) is 0 Å². The van der Waals surface area contributed by atoms with Crippen molar-refractivity contribution in [1.82, 2.24) is 4.31 Å². The quantitative estimate of drug-likeness (QED) is 0.768. The van der Waals surface area contributed by atoms with E-state index in [0.717, 1.165) is 16.4 Å². The number of hydrogen-bond acceptors (Lipinski definition) is 4. The second kappa shape index (κ2) is 4.49. The van der Waals surface area contributed by atoms with Crippen LogP contribution < -0.4 is 5.73 Å². The van der Waals surface area contributed by atoms with Gasteiger partial charge in [0.25, 0.3) is 0 Å². The molecule has 2 rings (SSSR count). The van der Waals surface area contributed by atoms with Gasteiger partial charge in [-0.15, -0.1) is 0 Å². The van der Waals surface area contributed by atoms with Crippen molar-refractivity contribution in [2.24, 2.45) is 0 Å². The van der Waals surface area contributed by atoms with Crippen LogP contribution in [0.4, 0.5) is 10.1 Å². The molecule has 18 heavy (non-hydrogen) atoms. The van der Waals surface area contributed by atoms with E-state index in [2.05, 4.69) is 0 Å².